The summed E-state index contributed by atoms with van der Waals surface area (Å²) in [6.45, 7) is 4.19. The van der Waals surface area contributed by atoms with Crippen LogP contribution in [0.1, 0.15) is 46.8 Å². The summed E-state index contributed by atoms with van der Waals surface area (Å²) in [5, 5.41) is 2.95. The summed E-state index contributed by atoms with van der Waals surface area (Å²) in [5.74, 6) is -0.226. The minimum absolute atomic E-state index is 0.0306. The maximum absolute atomic E-state index is 13.1. The van der Waals surface area contributed by atoms with Gasteiger partial charge in [0.25, 0.3) is 5.91 Å². The van der Waals surface area contributed by atoms with E-state index >= 15 is 0 Å². The Kier molecular flexibility index (Phi) is 5.03. The minimum Gasteiger partial charge on any atom is -0.339 e. The molecule has 0 aromatic heterocycles. The topological polar surface area (TPSA) is 52.7 Å². The standard InChI is InChI=1S/C22H24FN3O2/c1-15-14-17(21(27)25-11-2-3-12-25)6-9-19(15)24-22(28)26-13-10-20(26)16-4-7-18(23)8-5-16/h4-9,14,20H,2-3,10-13H2,1H3,(H,24,28)/t20-/m1/s1. The van der Waals surface area contributed by atoms with Gasteiger partial charge in [-0.3, -0.25) is 4.79 Å². The van der Waals surface area contributed by atoms with Crippen molar-refractivity contribution in [3.05, 3.63) is 65.0 Å². The lowest BCUT2D eigenvalue weighted by molar-refractivity contribution is 0.0792. The summed E-state index contributed by atoms with van der Waals surface area (Å²) in [7, 11) is 0. The maximum atomic E-state index is 13.1. The van der Waals surface area contributed by atoms with Crippen molar-refractivity contribution in [3.8, 4) is 0 Å². The first kappa shape index (κ1) is 18.5. The van der Waals surface area contributed by atoms with E-state index in [4.69, 9.17) is 0 Å². The summed E-state index contributed by atoms with van der Waals surface area (Å²) in [5.41, 5.74) is 3.15. The molecule has 1 atom stereocenters. The average molecular weight is 381 g/mol. The van der Waals surface area contributed by atoms with Crippen molar-refractivity contribution in [2.75, 3.05) is 25.0 Å². The number of nitrogens with one attached hydrogen (secondary N) is 1. The van der Waals surface area contributed by atoms with Crippen LogP contribution in [-0.2, 0) is 0 Å². The molecule has 2 aliphatic heterocycles. The van der Waals surface area contributed by atoms with Crippen molar-refractivity contribution in [2.24, 2.45) is 0 Å². The Bertz CT molecular complexity index is 891. The van der Waals surface area contributed by atoms with Crippen molar-refractivity contribution in [3.63, 3.8) is 0 Å². The highest BCUT2D eigenvalue weighted by Crippen LogP contribution is 2.34. The Morgan fingerprint density at radius 1 is 1.04 bits per heavy atom. The van der Waals surface area contributed by atoms with Crippen molar-refractivity contribution < 1.29 is 14.0 Å². The molecule has 0 aliphatic carbocycles. The molecule has 28 heavy (non-hydrogen) atoms. The summed E-state index contributed by atoms with van der Waals surface area (Å²) in [6.07, 6.45) is 2.98. The van der Waals surface area contributed by atoms with Gasteiger partial charge in [-0.1, -0.05) is 12.1 Å². The number of carbonyl (C=O) groups excluding carboxylic acids is 2. The molecular formula is C22H24FN3O2. The van der Waals surface area contributed by atoms with Crippen LogP contribution in [0.15, 0.2) is 42.5 Å². The van der Waals surface area contributed by atoms with E-state index < -0.39 is 0 Å². The second-order valence-corrected chi connectivity index (χ2v) is 7.51. The Labute approximate surface area is 164 Å². The highest BCUT2D eigenvalue weighted by atomic mass is 19.1. The predicted molar refractivity (Wildman–Crippen MR) is 106 cm³/mol. The van der Waals surface area contributed by atoms with E-state index in [1.54, 1.807) is 29.2 Å². The third kappa shape index (κ3) is 3.59. The van der Waals surface area contributed by atoms with Crippen LogP contribution in [0.25, 0.3) is 0 Å². The molecule has 4 rings (SSSR count). The molecule has 2 heterocycles. The molecule has 5 nitrogen and oxygen atoms in total. The third-order valence-electron chi connectivity index (χ3n) is 5.64. The predicted octanol–water partition coefficient (Wildman–Crippen LogP) is 4.35. The van der Waals surface area contributed by atoms with Crippen LogP contribution in [0.5, 0.6) is 0 Å². The molecule has 0 spiro atoms. The lowest BCUT2D eigenvalue weighted by atomic mass is 9.95. The number of anilines is 1. The number of benzene rings is 2. The van der Waals surface area contributed by atoms with Crippen LogP contribution in [-0.4, -0.2) is 41.4 Å². The second-order valence-electron chi connectivity index (χ2n) is 7.51. The number of amides is 3. The zero-order chi connectivity index (χ0) is 19.7. The minimum atomic E-state index is -0.279. The molecule has 3 amide bonds. The van der Waals surface area contributed by atoms with Crippen molar-refractivity contribution in [1.82, 2.24) is 9.80 Å². The smallest absolute Gasteiger partial charge is 0.322 e. The molecule has 6 heteroatoms. The van der Waals surface area contributed by atoms with Gasteiger partial charge in [-0.25, -0.2) is 9.18 Å². The summed E-state index contributed by atoms with van der Waals surface area (Å²) in [4.78, 5) is 28.8. The summed E-state index contributed by atoms with van der Waals surface area (Å²) >= 11 is 0. The van der Waals surface area contributed by atoms with Crippen molar-refractivity contribution in [2.45, 2.75) is 32.2 Å². The number of urea groups is 1. The Morgan fingerprint density at radius 3 is 2.36 bits per heavy atom. The molecular weight excluding hydrogens is 357 g/mol. The lowest BCUT2D eigenvalue weighted by Gasteiger charge is -2.41. The number of aryl methyl sites for hydroxylation is 1. The SMILES string of the molecule is Cc1cc(C(=O)N2CCCC2)ccc1NC(=O)N1CC[C@@H]1c1ccc(F)cc1. The number of hydrogen-bond donors (Lipinski definition) is 1. The van der Waals surface area contributed by atoms with Crippen LogP contribution >= 0.6 is 0 Å². The van der Waals surface area contributed by atoms with Gasteiger partial charge in [0.05, 0.1) is 6.04 Å². The quantitative estimate of drug-likeness (QED) is 0.859. The molecule has 2 fully saturated rings. The van der Waals surface area contributed by atoms with Crippen LogP contribution in [0.3, 0.4) is 0 Å². The van der Waals surface area contributed by atoms with E-state index in [0.717, 1.165) is 43.5 Å². The van der Waals surface area contributed by atoms with Crippen LogP contribution in [0.4, 0.5) is 14.9 Å². The second kappa shape index (κ2) is 7.62. The van der Waals surface area contributed by atoms with E-state index in [1.165, 1.54) is 12.1 Å². The van der Waals surface area contributed by atoms with Gasteiger partial charge in [0.1, 0.15) is 5.82 Å². The van der Waals surface area contributed by atoms with Gasteiger partial charge in [0, 0.05) is 30.9 Å². The normalized spacial score (nSPS) is 18.7. The zero-order valence-electron chi connectivity index (χ0n) is 16.0. The zero-order valence-corrected chi connectivity index (χ0v) is 16.0. The first-order valence-corrected chi connectivity index (χ1v) is 9.76. The highest BCUT2D eigenvalue weighted by molar-refractivity contribution is 5.96. The number of carbonyl (C=O) groups is 2. The first-order valence-electron chi connectivity index (χ1n) is 9.76. The van der Waals surface area contributed by atoms with Crippen LogP contribution in [0.2, 0.25) is 0 Å². The molecule has 1 N–H and O–H groups in total. The van der Waals surface area contributed by atoms with Gasteiger partial charge >= 0.3 is 6.03 Å². The highest BCUT2D eigenvalue weighted by Gasteiger charge is 2.33. The molecule has 0 unspecified atom stereocenters. The van der Waals surface area contributed by atoms with Gasteiger partial charge in [0.2, 0.25) is 0 Å². The molecule has 2 aliphatic rings. The monoisotopic (exact) mass is 381 g/mol. The Balaban J connectivity index is 1.43. The van der Waals surface area contributed by atoms with Crippen LogP contribution < -0.4 is 5.32 Å². The van der Waals surface area contributed by atoms with E-state index in [0.29, 0.717) is 17.8 Å². The van der Waals surface area contributed by atoms with E-state index in [-0.39, 0.29) is 23.8 Å². The molecule has 0 bridgehead atoms. The molecule has 2 saturated heterocycles. The maximum Gasteiger partial charge on any atom is 0.322 e. The van der Waals surface area contributed by atoms with Gasteiger partial charge in [-0.05, 0) is 67.6 Å². The third-order valence-corrected chi connectivity index (χ3v) is 5.64. The number of halogens is 1. The van der Waals surface area contributed by atoms with Gasteiger partial charge < -0.3 is 15.1 Å². The molecule has 146 valence electrons. The largest absolute Gasteiger partial charge is 0.339 e. The van der Waals surface area contributed by atoms with E-state index in [2.05, 4.69) is 5.32 Å². The fourth-order valence-electron chi connectivity index (χ4n) is 3.89. The lowest BCUT2D eigenvalue weighted by Crippen LogP contribution is -2.47. The molecule has 0 saturated carbocycles. The number of likely N-dealkylation sites (tertiary alicyclic amines) is 2. The molecule has 2 aromatic carbocycles. The Hall–Kier alpha value is -2.89. The number of hydrogen-bond acceptors (Lipinski definition) is 2. The average Bonchev–Trinajstić information content (AvgIpc) is 3.18. The fourth-order valence-corrected chi connectivity index (χ4v) is 3.89. The Morgan fingerprint density at radius 2 is 1.75 bits per heavy atom. The summed E-state index contributed by atoms with van der Waals surface area (Å²) < 4.78 is 13.1. The fraction of sp³-hybridized carbons (Fsp3) is 0.364. The van der Waals surface area contributed by atoms with Crippen LogP contribution in [0, 0.1) is 12.7 Å². The van der Waals surface area contributed by atoms with Crippen molar-refractivity contribution >= 4 is 17.6 Å². The van der Waals surface area contributed by atoms with Gasteiger partial charge in [-0.15, -0.1) is 0 Å². The molecule has 2 aromatic rings. The van der Waals surface area contributed by atoms with Gasteiger partial charge in [-0.2, -0.15) is 0 Å². The van der Waals surface area contributed by atoms with Gasteiger partial charge in [0.15, 0.2) is 0 Å². The number of nitrogens with zero attached hydrogens (tertiary/aromatic N) is 2. The van der Waals surface area contributed by atoms with E-state index in [9.17, 15) is 14.0 Å². The molecule has 0 radical (unpaired) electrons. The number of rotatable bonds is 3. The first-order chi connectivity index (χ1) is 13.5. The summed E-state index contributed by atoms with van der Waals surface area (Å²) in [6, 6.07) is 11.5. The van der Waals surface area contributed by atoms with E-state index in [1.807, 2.05) is 17.9 Å². The van der Waals surface area contributed by atoms with Crippen molar-refractivity contribution in [1.29, 1.82) is 0 Å².